The second kappa shape index (κ2) is 7.89. The van der Waals surface area contributed by atoms with E-state index in [0.717, 1.165) is 0 Å². The predicted octanol–water partition coefficient (Wildman–Crippen LogP) is 2.42. The summed E-state index contributed by atoms with van der Waals surface area (Å²) >= 11 is 0. The number of nitrogens with zero attached hydrogens (tertiary/aromatic N) is 4. The second-order valence-electron chi connectivity index (χ2n) is 4.91. The fraction of sp³-hybridized carbons (Fsp3) is 0.250. The minimum atomic E-state index is -0.509. The van der Waals surface area contributed by atoms with E-state index in [1.165, 1.54) is 6.07 Å². The van der Waals surface area contributed by atoms with Crippen molar-refractivity contribution in [3.8, 4) is 6.07 Å². The third kappa shape index (κ3) is 3.97. The standard InChI is InChI=1S/C16H17N5O3/c1-2-20(9-10-22)15-8-7-14(21(23)24)16(19-15)18-13-5-3-12(11-17)4-6-13/h3-8,22H,2,9-10H2,1H3,(H,18,19). The third-order valence-electron chi connectivity index (χ3n) is 3.41. The SMILES string of the molecule is CCN(CCO)c1ccc([N+](=O)[O-])c(Nc2ccc(C#N)cc2)n1. The highest BCUT2D eigenvalue weighted by atomic mass is 16.6. The molecule has 1 heterocycles. The number of anilines is 3. The molecule has 0 saturated carbocycles. The van der Waals surface area contributed by atoms with Gasteiger partial charge in [0.2, 0.25) is 5.82 Å². The molecule has 0 saturated heterocycles. The van der Waals surface area contributed by atoms with Crippen LogP contribution in [0.3, 0.4) is 0 Å². The van der Waals surface area contributed by atoms with E-state index >= 15 is 0 Å². The highest BCUT2D eigenvalue weighted by molar-refractivity contribution is 5.68. The Hall–Kier alpha value is -3.18. The molecule has 0 radical (unpaired) electrons. The molecule has 2 aromatic rings. The highest BCUT2D eigenvalue weighted by Gasteiger charge is 2.18. The van der Waals surface area contributed by atoms with Gasteiger partial charge in [-0.05, 0) is 37.3 Å². The van der Waals surface area contributed by atoms with Crippen LogP contribution in [0, 0.1) is 21.4 Å². The molecule has 0 aliphatic carbocycles. The molecule has 124 valence electrons. The smallest absolute Gasteiger partial charge is 0.311 e. The zero-order valence-electron chi connectivity index (χ0n) is 13.1. The lowest BCUT2D eigenvalue weighted by molar-refractivity contribution is -0.384. The zero-order chi connectivity index (χ0) is 17.5. The summed E-state index contributed by atoms with van der Waals surface area (Å²) in [6.07, 6.45) is 0. The van der Waals surface area contributed by atoms with E-state index in [-0.39, 0.29) is 18.1 Å². The Morgan fingerprint density at radius 3 is 2.58 bits per heavy atom. The van der Waals surface area contributed by atoms with Gasteiger partial charge >= 0.3 is 5.69 Å². The van der Waals surface area contributed by atoms with Crippen molar-refractivity contribution in [1.82, 2.24) is 4.98 Å². The van der Waals surface area contributed by atoms with Gasteiger partial charge in [-0.2, -0.15) is 5.26 Å². The van der Waals surface area contributed by atoms with Crippen molar-refractivity contribution in [3.05, 3.63) is 52.1 Å². The highest BCUT2D eigenvalue weighted by Crippen LogP contribution is 2.28. The number of pyridine rings is 1. The lowest BCUT2D eigenvalue weighted by Crippen LogP contribution is -2.27. The molecule has 0 amide bonds. The van der Waals surface area contributed by atoms with Gasteiger partial charge in [-0.15, -0.1) is 0 Å². The average Bonchev–Trinajstić information content (AvgIpc) is 2.60. The number of benzene rings is 1. The van der Waals surface area contributed by atoms with Crippen molar-refractivity contribution in [2.45, 2.75) is 6.92 Å². The monoisotopic (exact) mass is 327 g/mol. The summed E-state index contributed by atoms with van der Waals surface area (Å²) in [7, 11) is 0. The van der Waals surface area contributed by atoms with Gasteiger partial charge < -0.3 is 15.3 Å². The molecule has 2 rings (SSSR count). The third-order valence-corrected chi connectivity index (χ3v) is 3.41. The Morgan fingerprint density at radius 1 is 1.33 bits per heavy atom. The van der Waals surface area contributed by atoms with Crippen molar-refractivity contribution in [3.63, 3.8) is 0 Å². The van der Waals surface area contributed by atoms with Gasteiger partial charge in [-0.25, -0.2) is 4.98 Å². The molecule has 0 spiro atoms. The Bertz CT molecular complexity index is 755. The molecule has 1 aromatic heterocycles. The number of aliphatic hydroxyl groups is 1. The van der Waals surface area contributed by atoms with E-state index in [1.807, 2.05) is 17.9 Å². The molecule has 0 aliphatic heterocycles. The van der Waals surface area contributed by atoms with Crippen LogP contribution < -0.4 is 10.2 Å². The van der Waals surface area contributed by atoms with Crippen molar-refractivity contribution in [2.24, 2.45) is 0 Å². The lowest BCUT2D eigenvalue weighted by atomic mass is 10.2. The number of rotatable bonds is 7. The maximum Gasteiger partial charge on any atom is 0.311 e. The number of aliphatic hydroxyl groups excluding tert-OH is 1. The fourth-order valence-corrected chi connectivity index (χ4v) is 2.18. The number of likely N-dealkylation sites (N-methyl/N-ethyl adjacent to an activating group) is 1. The number of nitrogens with one attached hydrogen (secondary N) is 1. The van der Waals surface area contributed by atoms with Crippen molar-refractivity contribution in [1.29, 1.82) is 5.26 Å². The molecule has 8 heteroatoms. The summed E-state index contributed by atoms with van der Waals surface area (Å²) in [6, 6.07) is 11.5. The maximum absolute atomic E-state index is 11.2. The van der Waals surface area contributed by atoms with Crippen LogP contribution >= 0.6 is 0 Å². The van der Waals surface area contributed by atoms with Gasteiger partial charge in [0, 0.05) is 24.8 Å². The van der Waals surface area contributed by atoms with Gasteiger partial charge in [-0.1, -0.05) is 0 Å². The number of hydrogen-bond acceptors (Lipinski definition) is 7. The van der Waals surface area contributed by atoms with Gasteiger partial charge in [0.15, 0.2) is 0 Å². The van der Waals surface area contributed by atoms with Gasteiger partial charge in [0.25, 0.3) is 0 Å². The predicted molar refractivity (Wildman–Crippen MR) is 90.3 cm³/mol. The van der Waals surface area contributed by atoms with Crippen molar-refractivity contribution < 1.29 is 10.0 Å². The lowest BCUT2D eigenvalue weighted by Gasteiger charge is -2.21. The minimum Gasteiger partial charge on any atom is -0.395 e. The first kappa shape index (κ1) is 17.2. The molecule has 1 aromatic carbocycles. The molecule has 0 unspecified atom stereocenters. The van der Waals surface area contributed by atoms with Gasteiger partial charge in [-0.3, -0.25) is 10.1 Å². The molecular formula is C16H17N5O3. The van der Waals surface area contributed by atoms with E-state index in [2.05, 4.69) is 10.3 Å². The van der Waals surface area contributed by atoms with Crippen LogP contribution in [0.25, 0.3) is 0 Å². The van der Waals surface area contributed by atoms with Gasteiger partial charge in [0.05, 0.1) is 23.2 Å². The summed E-state index contributed by atoms with van der Waals surface area (Å²) in [4.78, 5) is 16.8. The molecule has 8 nitrogen and oxygen atoms in total. The van der Waals surface area contributed by atoms with Crippen LogP contribution in [0.5, 0.6) is 0 Å². The van der Waals surface area contributed by atoms with Crippen molar-refractivity contribution in [2.75, 3.05) is 29.9 Å². The Labute approximate surface area is 139 Å². The van der Waals surface area contributed by atoms with E-state index in [4.69, 9.17) is 10.4 Å². The normalized spacial score (nSPS) is 10.0. The molecule has 0 fully saturated rings. The first-order chi connectivity index (χ1) is 11.6. The number of nitriles is 1. The van der Waals surface area contributed by atoms with Crippen molar-refractivity contribution >= 4 is 23.0 Å². The largest absolute Gasteiger partial charge is 0.395 e. The summed E-state index contributed by atoms with van der Waals surface area (Å²) in [5, 5.41) is 32.1. The molecule has 0 aliphatic rings. The average molecular weight is 327 g/mol. The first-order valence-corrected chi connectivity index (χ1v) is 7.37. The first-order valence-electron chi connectivity index (χ1n) is 7.37. The van der Waals surface area contributed by atoms with E-state index in [0.29, 0.717) is 30.2 Å². The van der Waals surface area contributed by atoms with E-state index in [9.17, 15) is 10.1 Å². The van der Waals surface area contributed by atoms with E-state index in [1.54, 1.807) is 30.3 Å². The summed E-state index contributed by atoms with van der Waals surface area (Å²) in [5.41, 5.74) is 0.937. The van der Waals surface area contributed by atoms with Crippen LogP contribution in [0.15, 0.2) is 36.4 Å². The van der Waals surface area contributed by atoms with E-state index < -0.39 is 4.92 Å². The molecule has 0 bridgehead atoms. The Morgan fingerprint density at radius 2 is 2.04 bits per heavy atom. The van der Waals surface area contributed by atoms with Crippen LogP contribution in [0.2, 0.25) is 0 Å². The van der Waals surface area contributed by atoms with Crippen LogP contribution in [0.4, 0.5) is 23.0 Å². The molecule has 2 N–H and O–H groups in total. The van der Waals surface area contributed by atoms with Crippen LogP contribution in [0.1, 0.15) is 12.5 Å². The second-order valence-corrected chi connectivity index (χ2v) is 4.91. The topological polar surface area (TPSA) is 115 Å². The number of nitro groups is 1. The minimum absolute atomic E-state index is 0.0368. The molecular weight excluding hydrogens is 310 g/mol. The quantitative estimate of drug-likeness (QED) is 0.592. The Kier molecular flexibility index (Phi) is 5.65. The van der Waals surface area contributed by atoms with Crippen LogP contribution in [-0.2, 0) is 0 Å². The Balaban J connectivity index is 2.37. The maximum atomic E-state index is 11.2. The van der Waals surface area contributed by atoms with Gasteiger partial charge in [0.1, 0.15) is 5.82 Å². The summed E-state index contributed by atoms with van der Waals surface area (Å²) in [6.45, 7) is 2.87. The number of hydrogen-bond donors (Lipinski definition) is 2. The fourth-order valence-electron chi connectivity index (χ4n) is 2.18. The molecule has 0 atom stereocenters. The van der Waals surface area contributed by atoms with Crippen LogP contribution in [-0.4, -0.2) is 34.7 Å². The molecule has 24 heavy (non-hydrogen) atoms. The summed E-state index contributed by atoms with van der Waals surface area (Å²) < 4.78 is 0. The number of aromatic nitrogens is 1. The summed E-state index contributed by atoms with van der Waals surface area (Å²) in [5.74, 6) is 0.645. The zero-order valence-corrected chi connectivity index (χ0v) is 13.1.